The number of urea groups is 1. The summed E-state index contributed by atoms with van der Waals surface area (Å²) in [6.45, 7) is 1.71. The lowest BCUT2D eigenvalue weighted by Gasteiger charge is -2.31. The summed E-state index contributed by atoms with van der Waals surface area (Å²) in [7, 11) is -1.78. The van der Waals surface area contributed by atoms with Crippen LogP contribution in [0.2, 0.25) is 0 Å². The molecule has 1 aromatic carbocycles. The van der Waals surface area contributed by atoms with Gasteiger partial charge in [0.25, 0.3) is 0 Å². The van der Waals surface area contributed by atoms with Crippen molar-refractivity contribution < 1.29 is 13.2 Å². The number of piperidine rings is 1. The zero-order valence-corrected chi connectivity index (χ0v) is 13.6. The van der Waals surface area contributed by atoms with Crippen molar-refractivity contribution in [1.29, 1.82) is 0 Å². The van der Waals surface area contributed by atoms with E-state index in [0.717, 1.165) is 19.3 Å². The third kappa shape index (κ3) is 4.20. The van der Waals surface area contributed by atoms with Gasteiger partial charge in [0.1, 0.15) is 0 Å². The number of amides is 2. The van der Waals surface area contributed by atoms with Crippen molar-refractivity contribution in [3.63, 3.8) is 0 Å². The van der Waals surface area contributed by atoms with Gasteiger partial charge in [0, 0.05) is 26.7 Å². The Kier molecular flexibility index (Phi) is 5.79. The summed E-state index contributed by atoms with van der Waals surface area (Å²) in [6.07, 6.45) is 2.55. The van der Waals surface area contributed by atoms with Gasteiger partial charge in [-0.15, -0.1) is 0 Å². The number of sulfonamides is 1. The standard InChI is InChI=1S/C15H23N3O3S/c1-16-15(19)17-10-7-13-8-11-18(12-9-13)22(20,21)14-5-3-2-4-6-14/h2-6,13H,7-12H2,1H3,(H2,16,17,19). The number of nitrogens with one attached hydrogen (secondary N) is 2. The van der Waals surface area contributed by atoms with E-state index in [4.69, 9.17) is 0 Å². The van der Waals surface area contributed by atoms with E-state index in [1.165, 1.54) is 0 Å². The van der Waals surface area contributed by atoms with E-state index in [-0.39, 0.29) is 6.03 Å². The zero-order chi connectivity index (χ0) is 16.0. The molecule has 2 rings (SSSR count). The number of hydrogen-bond acceptors (Lipinski definition) is 3. The maximum atomic E-state index is 12.5. The molecule has 22 heavy (non-hydrogen) atoms. The molecule has 6 nitrogen and oxygen atoms in total. The second-order valence-corrected chi connectivity index (χ2v) is 7.39. The zero-order valence-electron chi connectivity index (χ0n) is 12.8. The van der Waals surface area contributed by atoms with Crippen molar-refractivity contribution in [2.24, 2.45) is 5.92 Å². The molecule has 2 amide bonds. The lowest BCUT2D eigenvalue weighted by atomic mass is 9.95. The van der Waals surface area contributed by atoms with Crippen molar-refractivity contribution in [3.05, 3.63) is 30.3 Å². The van der Waals surface area contributed by atoms with Crippen molar-refractivity contribution in [2.45, 2.75) is 24.2 Å². The predicted molar refractivity (Wildman–Crippen MR) is 85.0 cm³/mol. The van der Waals surface area contributed by atoms with Crippen LogP contribution in [-0.4, -0.2) is 45.4 Å². The Morgan fingerprint density at radius 2 is 1.86 bits per heavy atom. The first-order chi connectivity index (χ1) is 10.5. The van der Waals surface area contributed by atoms with Crippen LogP contribution < -0.4 is 10.6 Å². The first kappa shape index (κ1) is 16.8. The molecular formula is C15H23N3O3S. The summed E-state index contributed by atoms with van der Waals surface area (Å²) in [5, 5.41) is 5.28. The molecule has 0 unspecified atom stereocenters. The topological polar surface area (TPSA) is 78.5 Å². The maximum absolute atomic E-state index is 12.5. The van der Waals surface area contributed by atoms with Crippen LogP contribution in [0.3, 0.4) is 0 Å². The minimum Gasteiger partial charge on any atom is -0.341 e. The van der Waals surface area contributed by atoms with E-state index in [2.05, 4.69) is 10.6 Å². The summed E-state index contributed by atoms with van der Waals surface area (Å²) >= 11 is 0. The Hall–Kier alpha value is -1.60. The van der Waals surface area contributed by atoms with Gasteiger partial charge in [-0.25, -0.2) is 13.2 Å². The van der Waals surface area contributed by atoms with Crippen LogP contribution in [0.5, 0.6) is 0 Å². The molecule has 7 heteroatoms. The third-order valence-corrected chi connectivity index (χ3v) is 5.93. The maximum Gasteiger partial charge on any atom is 0.314 e. The highest BCUT2D eigenvalue weighted by molar-refractivity contribution is 7.89. The Labute approximate surface area is 131 Å². The van der Waals surface area contributed by atoms with Gasteiger partial charge in [-0.05, 0) is 37.3 Å². The number of benzene rings is 1. The predicted octanol–water partition coefficient (Wildman–Crippen LogP) is 1.41. The van der Waals surface area contributed by atoms with Crippen molar-refractivity contribution >= 4 is 16.1 Å². The largest absolute Gasteiger partial charge is 0.341 e. The number of nitrogens with zero attached hydrogens (tertiary/aromatic N) is 1. The smallest absolute Gasteiger partial charge is 0.314 e. The number of carbonyl (C=O) groups excluding carboxylic acids is 1. The Morgan fingerprint density at radius 3 is 2.45 bits per heavy atom. The van der Waals surface area contributed by atoms with E-state index < -0.39 is 10.0 Å². The molecule has 1 fully saturated rings. The van der Waals surface area contributed by atoms with E-state index in [1.807, 2.05) is 6.07 Å². The molecule has 0 saturated carbocycles. The second-order valence-electron chi connectivity index (χ2n) is 5.46. The van der Waals surface area contributed by atoms with Crippen LogP contribution in [0, 0.1) is 5.92 Å². The first-order valence-corrected chi connectivity index (χ1v) is 8.99. The van der Waals surface area contributed by atoms with Crippen molar-refractivity contribution in [2.75, 3.05) is 26.7 Å². The van der Waals surface area contributed by atoms with Gasteiger partial charge >= 0.3 is 6.03 Å². The summed E-state index contributed by atoms with van der Waals surface area (Å²) in [4.78, 5) is 11.4. The molecule has 1 heterocycles. The number of carbonyl (C=O) groups is 1. The summed E-state index contributed by atoms with van der Waals surface area (Å²) < 4.78 is 26.6. The average Bonchev–Trinajstić information content (AvgIpc) is 2.56. The SMILES string of the molecule is CNC(=O)NCCC1CCN(S(=O)(=O)c2ccccc2)CC1. The van der Waals surface area contributed by atoms with Crippen LogP contribution in [0.25, 0.3) is 0 Å². The molecule has 0 aromatic heterocycles. The van der Waals surface area contributed by atoms with E-state index in [0.29, 0.717) is 30.4 Å². The molecule has 0 aliphatic carbocycles. The van der Waals surface area contributed by atoms with Gasteiger partial charge in [-0.2, -0.15) is 4.31 Å². The highest BCUT2D eigenvalue weighted by Gasteiger charge is 2.28. The molecule has 1 aliphatic heterocycles. The highest BCUT2D eigenvalue weighted by Crippen LogP contribution is 2.25. The molecule has 1 aliphatic rings. The normalized spacial score (nSPS) is 17.1. The van der Waals surface area contributed by atoms with E-state index >= 15 is 0 Å². The Balaban J connectivity index is 1.83. The first-order valence-electron chi connectivity index (χ1n) is 7.55. The van der Waals surface area contributed by atoms with Gasteiger partial charge < -0.3 is 10.6 Å². The van der Waals surface area contributed by atoms with Crippen molar-refractivity contribution in [3.8, 4) is 0 Å². The molecule has 2 N–H and O–H groups in total. The van der Waals surface area contributed by atoms with Crippen LogP contribution in [0.4, 0.5) is 4.79 Å². The highest BCUT2D eigenvalue weighted by atomic mass is 32.2. The average molecular weight is 325 g/mol. The second kappa shape index (κ2) is 7.60. The van der Waals surface area contributed by atoms with Gasteiger partial charge in [-0.3, -0.25) is 0 Å². The van der Waals surface area contributed by atoms with Crippen LogP contribution in [-0.2, 0) is 10.0 Å². The monoisotopic (exact) mass is 325 g/mol. The molecule has 0 atom stereocenters. The molecular weight excluding hydrogens is 302 g/mol. The number of hydrogen-bond donors (Lipinski definition) is 2. The van der Waals surface area contributed by atoms with Crippen molar-refractivity contribution in [1.82, 2.24) is 14.9 Å². The summed E-state index contributed by atoms with van der Waals surface area (Å²) in [5.41, 5.74) is 0. The molecule has 1 aromatic rings. The molecule has 1 saturated heterocycles. The van der Waals surface area contributed by atoms with Crippen LogP contribution in [0.1, 0.15) is 19.3 Å². The third-order valence-electron chi connectivity index (χ3n) is 4.02. The van der Waals surface area contributed by atoms with Gasteiger partial charge in [0.15, 0.2) is 0 Å². The van der Waals surface area contributed by atoms with E-state index in [9.17, 15) is 13.2 Å². The minimum absolute atomic E-state index is 0.177. The lowest BCUT2D eigenvalue weighted by Crippen LogP contribution is -2.39. The van der Waals surface area contributed by atoms with E-state index in [1.54, 1.807) is 35.6 Å². The Morgan fingerprint density at radius 1 is 1.23 bits per heavy atom. The minimum atomic E-state index is -3.37. The van der Waals surface area contributed by atoms with Gasteiger partial charge in [-0.1, -0.05) is 18.2 Å². The fraction of sp³-hybridized carbons (Fsp3) is 0.533. The van der Waals surface area contributed by atoms with Crippen LogP contribution in [0.15, 0.2) is 35.2 Å². The molecule has 0 bridgehead atoms. The molecule has 122 valence electrons. The fourth-order valence-corrected chi connectivity index (χ4v) is 4.15. The lowest BCUT2D eigenvalue weighted by molar-refractivity contribution is 0.237. The Bertz CT molecular complexity index is 581. The fourth-order valence-electron chi connectivity index (χ4n) is 2.66. The summed E-state index contributed by atoms with van der Waals surface area (Å²) in [5.74, 6) is 0.458. The summed E-state index contributed by atoms with van der Waals surface area (Å²) in [6, 6.07) is 8.38. The number of rotatable bonds is 5. The van der Waals surface area contributed by atoms with Gasteiger partial charge in [0.05, 0.1) is 4.90 Å². The van der Waals surface area contributed by atoms with Gasteiger partial charge in [0.2, 0.25) is 10.0 Å². The molecule has 0 spiro atoms. The molecule has 0 radical (unpaired) electrons. The van der Waals surface area contributed by atoms with Crippen LogP contribution >= 0.6 is 0 Å². The quantitative estimate of drug-likeness (QED) is 0.859.